The number of para-hydroxylation sites is 1. The van der Waals surface area contributed by atoms with Crippen molar-refractivity contribution >= 4 is 10.9 Å². The summed E-state index contributed by atoms with van der Waals surface area (Å²) in [4.78, 5) is 19.0. The summed E-state index contributed by atoms with van der Waals surface area (Å²) in [6.07, 6.45) is 2.86. The van der Waals surface area contributed by atoms with Crippen LogP contribution in [-0.2, 0) is 6.54 Å². The molecule has 2 aromatic rings. The largest absolute Gasteiger partial charge is 0.396 e. The summed E-state index contributed by atoms with van der Waals surface area (Å²) in [5.74, 6) is 0.658. The number of H-pyrrole nitrogens is 1. The van der Waals surface area contributed by atoms with E-state index in [1.165, 1.54) is 0 Å². The van der Waals surface area contributed by atoms with Crippen LogP contribution in [-0.4, -0.2) is 28.2 Å². The third-order valence-electron chi connectivity index (χ3n) is 2.97. The molecule has 0 aliphatic heterocycles. The summed E-state index contributed by atoms with van der Waals surface area (Å²) in [5, 5.41) is 12.5. The van der Waals surface area contributed by atoms with Crippen LogP contribution in [0, 0.1) is 0 Å². The van der Waals surface area contributed by atoms with E-state index in [4.69, 9.17) is 5.11 Å². The minimum absolute atomic E-state index is 0.0947. The van der Waals surface area contributed by atoms with E-state index in [0.29, 0.717) is 17.8 Å². The number of aliphatic hydroxyl groups excluding tert-OH is 1. The van der Waals surface area contributed by atoms with Crippen molar-refractivity contribution in [2.75, 3.05) is 13.2 Å². The van der Waals surface area contributed by atoms with Gasteiger partial charge in [-0.05, 0) is 37.9 Å². The Hall–Kier alpha value is -1.72. The number of aliphatic hydroxyl groups is 1. The lowest BCUT2D eigenvalue weighted by atomic mass is 10.2. The zero-order valence-electron chi connectivity index (χ0n) is 10.9. The van der Waals surface area contributed by atoms with Crippen LogP contribution in [0.1, 0.15) is 25.1 Å². The Morgan fingerprint density at radius 2 is 2.05 bits per heavy atom. The first-order valence-electron chi connectivity index (χ1n) is 6.61. The molecule has 2 rings (SSSR count). The average molecular weight is 261 g/mol. The second-order valence-electron chi connectivity index (χ2n) is 4.49. The average Bonchev–Trinajstić information content (AvgIpc) is 2.43. The summed E-state index contributed by atoms with van der Waals surface area (Å²) in [5.41, 5.74) is 0.631. The summed E-state index contributed by atoms with van der Waals surface area (Å²) < 4.78 is 0. The quantitative estimate of drug-likeness (QED) is 0.654. The Morgan fingerprint density at radius 1 is 1.21 bits per heavy atom. The van der Waals surface area contributed by atoms with Gasteiger partial charge in [0, 0.05) is 6.61 Å². The summed E-state index contributed by atoms with van der Waals surface area (Å²) >= 11 is 0. The first kappa shape index (κ1) is 13.7. The molecule has 0 saturated heterocycles. The van der Waals surface area contributed by atoms with Gasteiger partial charge in [-0.2, -0.15) is 0 Å². The first-order chi connectivity index (χ1) is 9.31. The van der Waals surface area contributed by atoms with Crippen LogP contribution in [0.2, 0.25) is 0 Å². The van der Waals surface area contributed by atoms with Gasteiger partial charge >= 0.3 is 0 Å². The lowest BCUT2D eigenvalue weighted by Gasteiger charge is -2.05. The molecular formula is C14H19N3O2. The van der Waals surface area contributed by atoms with Crippen LogP contribution in [0.25, 0.3) is 10.9 Å². The number of benzene rings is 1. The van der Waals surface area contributed by atoms with E-state index in [0.717, 1.165) is 31.3 Å². The van der Waals surface area contributed by atoms with E-state index in [1.807, 2.05) is 18.2 Å². The highest BCUT2D eigenvalue weighted by atomic mass is 16.2. The number of hydrogen-bond donors (Lipinski definition) is 3. The van der Waals surface area contributed by atoms with Gasteiger partial charge in [-0.15, -0.1) is 0 Å². The number of rotatable bonds is 7. The SMILES string of the molecule is O=c1[nH]c(CNCCCCCO)nc2ccccc12. The predicted octanol–water partition coefficient (Wildman–Crippen LogP) is 1.18. The molecule has 0 aliphatic carbocycles. The highest BCUT2D eigenvalue weighted by molar-refractivity contribution is 5.77. The lowest BCUT2D eigenvalue weighted by molar-refractivity contribution is 0.283. The molecule has 0 amide bonds. The molecule has 102 valence electrons. The molecule has 0 fully saturated rings. The van der Waals surface area contributed by atoms with Crippen molar-refractivity contribution in [1.82, 2.24) is 15.3 Å². The molecule has 1 aromatic heterocycles. The fourth-order valence-electron chi connectivity index (χ4n) is 1.96. The fraction of sp³-hybridized carbons (Fsp3) is 0.429. The minimum Gasteiger partial charge on any atom is -0.396 e. The fourth-order valence-corrected chi connectivity index (χ4v) is 1.96. The second kappa shape index (κ2) is 7.01. The Labute approximate surface area is 111 Å². The maximum absolute atomic E-state index is 11.8. The summed E-state index contributed by atoms with van der Waals surface area (Å²) in [7, 11) is 0. The number of hydrogen-bond acceptors (Lipinski definition) is 4. The van der Waals surface area contributed by atoms with E-state index in [9.17, 15) is 4.79 Å². The van der Waals surface area contributed by atoms with Crippen molar-refractivity contribution in [3.63, 3.8) is 0 Å². The van der Waals surface area contributed by atoms with Gasteiger partial charge in [-0.25, -0.2) is 4.98 Å². The van der Waals surface area contributed by atoms with Crippen molar-refractivity contribution in [3.8, 4) is 0 Å². The van der Waals surface area contributed by atoms with Gasteiger partial charge in [0.2, 0.25) is 0 Å². The standard InChI is InChI=1S/C14H19N3O2/c18-9-5-1-4-8-15-10-13-16-12-7-3-2-6-11(12)14(19)17-13/h2-3,6-7,15,18H,1,4-5,8-10H2,(H,16,17,19). The number of aromatic nitrogens is 2. The molecule has 1 aromatic carbocycles. The number of nitrogens with zero attached hydrogens (tertiary/aromatic N) is 1. The maximum Gasteiger partial charge on any atom is 0.258 e. The number of aromatic amines is 1. The van der Waals surface area contributed by atoms with Crippen LogP contribution in [0.5, 0.6) is 0 Å². The van der Waals surface area contributed by atoms with Crippen LogP contribution >= 0.6 is 0 Å². The number of nitrogens with one attached hydrogen (secondary N) is 2. The van der Waals surface area contributed by atoms with Gasteiger partial charge in [0.25, 0.3) is 5.56 Å². The van der Waals surface area contributed by atoms with Crippen LogP contribution < -0.4 is 10.9 Å². The van der Waals surface area contributed by atoms with E-state index in [2.05, 4.69) is 15.3 Å². The third kappa shape index (κ3) is 3.87. The molecule has 1 heterocycles. The summed E-state index contributed by atoms with van der Waals surface area (Å²) in [6.45, 7) is 1.66. The van der Waals surface area contributed by atoms with E-state index >= 15 is 0 Å². The predicted molar refractivity (Wildman–Crippen MR) is 75.0 cm³/mol. The van der Waals surface area contributed by atoms with Crippen LogP contribution in [0.15, 0.2) is 29.1 Å². The zero-order valence-corrected chi connectivity index (χ0v) is 10.9. The molecule has 0 atom stereocenters. The molecule has 0 aliphatic rings. The highest BCUT2D eigenvalue weighted by Crippen LogP contribution is 2.05. The number of fused-ring (bicyclic) bond motifs is 1. The monoisotopic (exact) mass is 261 g/mol. The topological polar surface area (TPSA) is 78.0 Å². The van der Waals surface area contributed by atoms with E-state index < -0.39 is 0 Å². The number of unbranched alkanes of at least 4 members (excludes halogenated alkanes) is 2. The third-order valence-corrected chi connectivity index (χ3v) is 2.97. The lowest BCUT2D eigenvalue weighted by Crippen LogP contribution is -2.20. The van der Waals surface area contributed by atoms with Crippen molar-refractivity contribution in [2.45, 2.75) is 25.8 Å². The minimum atomic E-state index is -0.0947. The molecule has 3 N–H and O–H groups in total. The van der Waals surface area contributed by atoms with Gasteiger partial charge in [-0.3, -0.25) is 4.79 Å². The molecule has 0 saturated carbocycles. The highest BCUT2D eigenvalue weighted by Gasteiger charge is 2.02. The van der Waals surface area contributed by atoms with Crippen molar-refractivity contribution in [2.24, 2.45) is 0 Å². The van der Waals surface area contributed by atoms with Gasteiger partial charge in [0.05, 0.1) is 17.4 Å². The molecule has 0 unspecified atom stereocenters. The van der Waals surface area contributed by atoms with Gasteiger partial charge in [0.15, 0.2) is 0 Å². The molecular weight excluding hydrogens is 242 g/mol. The van der Waals surface area contributed by atoms with Gasteiger partial charge in [-0.1, -0.05) is 12.1 Å². The summed E-state index contributed by atoms with van der Waals surface area (Å²) in [6, 6.07) is 7.32. The van der Waals surface area contributed by atoms with Crippen molar-refractivity contribution < 1.29 is 5.11 Å². The Bertz CT molecular complexity index is 580. The second-order valence-corrected chi connectivity index (χ2v) is 4.49. The molecule has 0 spiro atoms. The van der Waals surface area contributed by atoms with E-state index in [-0.39, 0.29) is 12.2 Å². The molecule has 5 nitrogen and oxygen atoms in total. The van der Waals surface area contributed by atoms with Crippen LogP contribution in [0.4, 0.5) is 0 Å². The maximum atomic E-state index is 11.8. The first-order valence-corrected chi connectivity index (χ1v) is 6.61. The van der Waals surface area contributed by atoms with E-state index in [1.54, 1.807) is 6.07 Å². The van der Waals surface area contributed by atoms with Crippen molar-refractivity contribution in [1.29, 1.82) is 0 Å². The molecule has 5 heteroatoms. The van der Waals surface area contributed by atoms with Crippen molar-refractivity contribution in [3.05, 3.63) is 40.4 Å². The Morgan fingerprint density at radius 3 is 2.89 bits per heavy atom. The molecule has 19 heavy (non-hydrogen) atoms. The molecule has 0 radical (unpaired) electrons. The smallest absolute Gasteiger partial charge is 0.258 e. The van der Waals surface area contributed by atoms with Crippen LogP contribution in [0.3, 0.4) is 0 Å². The Balaban J connectivity index is 1.92. The van der Waals surface area contributed by atoms with Gasteiger partial charge < -0.3 is 15.4 Å². The molecule has 0 bridgehead atoms. The Kier molecular flexibility index (Phi) is 5.06. The zero-order chi connectivity index (χ0) is 13.5. The van der Waals surface area contributed by atoms with Gasteiger partial charge in [0.1, 0.15) is 5.82 Å². The normalized spacial score (nSPS) is 11.0.